The Morgan fingerprint density at radius 1 is 1.10 bits per heavy atom. The molecule has 0 fully saturated rings. The molecular weight excluding hydrogens is 366 g/mol. The van der Waals surface area contributed by atoms with Crippen LogP contribution >= 0.6 is 0 Å². The van der Waals surface area contributed by atoms with E-state index in [1.807, 2.05) is 50.2 Å². The highest BCUT2D eigenvalue weighted by atomic mass is 16.5. The first-order chi connectivity index (χ1) is 14.1. The molecule has 2 heterocycles. The van der Waals surface area contributed by atoms with Gasteiger partial charge in [0.15, 0.2) is 0 Å². The molecular formula is C23H23N3O3. The fourth-order valence-corrected chi connectivity index (χ4v) is 3.08. The Balaban J connectivity index is 1.97. The normalized spacial score (nSPS) is 10.4. The first-order valence-corrected chi connectivity index (χ1v) is 9.56. The minimum absolute atomic E-state index is 0.106. The first-order valence-electron chi connectivity index (χ1n) is 9.56. The van der Waals surface area contributed by atoms with Crippen molar-refractivity contribution in [2.75, 3.05) is 6.61 Å². The van der Waals surface area contributed by atoms with Crippen molar-refractivity contribution in [1.29, 1.82) is 0 Å². The van der Waals surface area contributed by atoms with Crippen molar-refractivity contribution in [3.05, 3.63) is 97.6 Å². The predicted octanol–water partition coefficient (Wildman–Crippen LogP) is 2.48. The molecule has 0 aliphatic rings. The number of benzene rings is 1. The molecule has 1 N–H and O–H groups in total. The minimum atomic E-state index is -0.455. The number of aromatic nitrogens is 3. The first kappa shape index (κ1) is 20.3. The Bertz CT molecular complexity index is 1150. The highest BCUT2D eigenvalue weighted by Crippen LogP contribution is 2.13. The summed E-state index contributed by atoms with van der Waals surface area (Å²) in [6.07, 6.45) is 4.39. The van der Waals surface area contributed by atoms with E-state index in [4.69, 9.17) is 4.74 Å². The number of nitrogens with zero attached hydrogens (tertiary/aromatic N) is 2. The Morgan fingerprint density at radius 2 is 1.90 bits per heavy atom. The maximum atomic E-state index is 12.4. The van der Waals surface area contributed by atoms with Crippen LogP contribution in [-0.4, -0.2) is 21.1 Å². The van der Waals surface area contributed by atoms with Gasteiger partial charge in [0.25, 0.3) is 5.56 Å². The summed E-state index contributed by atoms with van der Waals surface area (Å²) in [6, 6.07) is 11.5. The van der Waals surface area contributed by atoms with E-state index in [1.165, 1.54) is 4.57 Å². The monoisotopic (exact) mass is 389 g/mol. The van der Waals surface area contributed by atoms with Crippen LogP contribution in [0.1, 0.15) is 41.8 Å². The molecule has 0 saturated carbocycles. The van der Waals surface area contributed by atoms with Crippen molar-refractivity contribution in [2.45, 2.75) is 33.4 Å². The van der Waals surface area contributed by atoms with E-state index in [0.29, 0.717) is 30.7 Å². The van der Waals surface area contributed by atoms with Gasteiger partial charge in [-0.2, -0.15) is 0 Å². The highest BCUT2D eigenvalue weighted by Gasteiger charge is 2.14. The van der Waals surface area contributed by atoms with Crippen molar-refractivity contribution < 1.29 is 4.74 Å². The Labute approximate surface area is 169 Å². The van der Waals surface area contributed by atoms with Crippen LogP contribution < -0.4 is 11.2 Å². The lowest BCUT2D eigenvalue weighted by Crippen LogP contribution is -2.36. The molecule has 148 valence electrons. The molecule has 29 heavy (non-hydrogen) atoms. The van der Waals surface area contributed by atoms with Gasteiger partial charge < -0.3 is 4.74 Å². The second kappa shape index (κ2) is 9.67. The van der Waals surface area contributed by atoms with Gasteiger partial charge in [-0.1, -0.05) is 30.9 Å². The molecule has 0 amide bonds. The molecule has 0 radical (unpaired) electrons. The van der Waals surface area contributed by atoms with E-state index < -0.39 is 5.69 Å². The standard InChI is InChI=1S/C23H23N3O3/c1-3-20-21(26(16-29-4-2)23(28)25-22(20)27)14-19-8-5-7-17(13-19)10-11-18-9-6-12-24-15-18/h5-9,12-13,15H,3-4,14,16H2,1-2H3,(H,25,27,28). The summed E-state index contributed by atoms with van der Waals surface area (Å²) >= 11 is 0. The molecule has 6 nitrogen and oxygen atoms in total. The largest absolute Gasteiger partial charge is 0.361 e. The Kier molecular flexibility index (Phi) is 6.77. The number of rotatable bonds is 6. The maximum absolute atomic E-state index is 12.4. The van der Waals surface area contributed by atoms with Crippen LogP contribution in [0, 0.1) is 11.8 Å². The van der Waals surface area contributed by atoms with E-state index in [1.54, 1.807) is 12.4 Å². The van der Waals surface area contributed by atoms with Gasteiger partial charge in [0.2, 0.25) is 0 Å². The summed E-state index contributed by atoms with van der Waals surface area (Å²) in [5, 5.41) is 0. The van der Waals surface area contributed by atoms with Crippen molar-refractivity contribution in [3.8, 4) is 11.8 Å². The molecule has 0 aliphatic carbocycles. The van der Waals surface area contributed by atoms with Gasteiger partial charge >= 0.3 is 5.69 Å². The number of H-pyrrole nitrogens is 1. The lowest BCUT2D eigenvalue weighted by Gasteiger charge is -2.15. The molecule has 1 aromatic carbocycles. The fourth-order valence-electron chi connectivity index (χ4n) is 3.08. The van der Waals surface area contributed by atoms with E-state index in [0.717, 1.165) is 16.7 Å². The highest BCUT2D eigenvalue weighted by molar-refractivity contribution is 5.43. The summed E-state index contributed by atoms with van der Waals surface area (Å²) in [6.45, 7) is 4.35. The zero-order valence-electron chi connectivity index (χ0n) is 16.6. The number of hydrogen-bond donors (Lipinski definition) is 1. The molecule has 0 saturated heterocycles. The van der Waals surface area contributed by atoms with Crippen molar-refractivity contribution in [1.82, 2.24) is 14.5 Å². The maximum Gasteiger partial charge on any atom is 0.330 e. The van der Waals surface area contributed by atoms with Gasteiger partial charge in [-0.25, -0.2) is 4.79 Å². The van der Waals surface area contributed by atoms with Crippen LogP contribution in [-0.2, 0) is 24.3 Å². The van der Waals surface area contributed by atoms with Gasteiger partial charge in [-0.3, -0.25) is 19.3 Å². The summed E-state index contributed by atoms with van der Waals surface area (Å²) in [7, 11) is 0. The minimum Gasteiger partial charge on any atom is -0.361 e. The molecule has 0 aliphatic heterocycles. The summed E-state index contributed by atoms with van der Waals surface area (Å²) < 4.78 is 6.94. The second-order valence-corrected chi connectivity index (χ2v) is 6.46. The lowest BCUT2D eigenvalue weighted by atomic mass is 10.0. The average Bonchev–Trinajstić information content (AvgIpc) is 2.73. The smallest absolute Gasteiger partial charge is 0.330 e. The molecule has 0 bridgehead atoms. The van der Waals surface area contributed by atoms with E-state index in [9.17, 15) is 9.59 Å². The third-order valence-corrected chi connectivity index (χ3v) is 4.50. The number of hydrogen-bond acceptors (Lipinski definition) is 4. The van der Waals surface area contributed by atoms with E-state index >= 15 is 0 Å². The zero-order valence-corrected chi connectivity index (χ0v) is 16.6. The third-order valence-electron chi connectivity index (χ3n) is 4.50. The van der Waals surface area contributed by atoms with Crippen molar-refractivity contribution >= 4 is 0 Å². The topological polar surface area (TPSA) is 77.0 Å². The molecule has 3 rings (SSSR count). The molecule has 0 spiro atoms. The Hall–Kier alpha value is -3.43. The fraction of sp³-hybridized carbons (Fsp3) is 0.261. The molecule has 0 unspecified atom stereocenters. The van der Waals surface area contributed by atoms with Crippen LogP contribution in [0.4, 0.5) is 0 Å². The number of pyridine rings is 1. The van der Waals surface area contributed by atoms with Gasteiger partial charge in [-0.05, 0) is 43.2 Å². The summed E-state index contributed by atoms with van der Waals surface area (Å²) in [5.74, 6) is 6.23. The number of nitrogens with one attached hydrogen (secondary N) is 1. The third kappa shape index (κ3) is 5.09. The molecule has 6 heteroatoms. The van der Waals surface area contributed by atoms with E-state index in [2.05, 4.69) is 21.8 Å². The van der Waals surface area contributed by atoms with Crippen molar-refractivity contribution in [3.63, 3.8) is 0 Å². The van der Waals surface area contributed by atoms with Gasteiger partial charge in [0.05, 0.1) is 0 Å². The van der Waals surface area contributed by atoms with Crippen LogP contribution in [0.25, 0.3) is 0 Å². The second-order valence-electron chi connectivity index (χ2n) is 6.46. The van der Waals surface area contributed by atoms with E-state index in [-0.39, 0.29) is 12.3 Å². The van der Waals surface area contributed by atoms with Gasteiger partial charge in [0, 0.05) is 47.8 Å². The molecule has 3 aromatic rings. The number of ether oxygens (including phenoxy) is 1. The van der Waals surface area contributed by atoms with Crippen LogP contribution in [0.5, 0.6) is 0 Å². The quantitative estimate of drug-likeness (QED) is 0.657. The predicted molar refractivity (Wildman–Crippen MR) is 112 cm³/mol. The average molecular weight is 389 g/mol. The Morgan fingerprint density at radius 3 is 2.62 bits per heavy atom. The summed E-state index contributed by atoms with van der Waals surface area (Å²) in [4.78, 5) is 31.1. The van der Waals surface area contributed by atoms with Crippen LogP contribution in [0.3, 0.4) is 0 Å². The lowest BCUT2D eigenvalue weighted by molar-refractivity contribution is 0.0822. The molecule has 2 aromatic heterocycles. The zero-order chi connectivity index (χ0) is 20.6. The number of aromatic amines is 1. The van der Waals surface area contributed by atoms with Gasteiger partial charge in [0.1, 0.15) is 6.73 Å². The van der Waals surface area contributed by atoms with Gasteiger partial charge in [-0.15, -0.1) is 0 Å². The SMILES string of the molecule is CCOCn1c(Cc2cccc(C#Cc3cccnc3)c2)c(CC)c(=O)[nH]c1=O. The summed E-state index contributed by atoms with van der Waals surface area (Å²) in [5.41, 5.74) is 3.13. The van der Waals surface area contributed by atoms with Crippen LogP contribution in [0.2, 0.25) is 0 Å². The van der Waals surface area contributed by atoms with Crippen LogP contribution in [0.15, 0.2) is 58.4 Å². The molecule has 0 atom stereocenters. The van der Waals surface area contributed by atoms with Crippen molar-refractivity contribution in [2.24, 2.45) is 0 Å².